The van der Waals surface area contributed by atoms with E-state index in [2.05, 4.69) is 10.2 Å². The number of rotatable bonds is 3. The molecule has 1 heterocycles. The molecule has 2 rings (SSSR count). The Bertz CT molecular complexity index is 232. The summed E-state index contributed by atoms with van der Waals surface area (Å²) in [6, 6.07) is 0.611. The van der Waals surface area contributed by atoms with E-state index in [9.17, 15) is 4.79 Å². The quantitative estimate of drug-likeness (QED) is 0.687. The molecule has 2 atom stereocenters. The maximum atomic E-state index is 11.3. The largest absolute Gasteiger partial charge is 0.354 e. The topological polar surface area (TPSA) is 58.4 Å². The average molecular weight is 211 g/mol. The highest BCUT2D eigenvalue weighted by Crippen LogP contribution is 2.32. The molecular formula is C11H21N3O. The van der Waals surface area contributed by atoms with Gasteiger partial charge < -0.3 is 11.1 Å². The lowest BCUT2D eigenvalue weighted by Crippen LogP contribution is -2.52. The van der Waals surface area contributed by atoms with Crippen molar-refractivity contribution in [3.8, 4) is 0 Å². The fourth-order valence-electron chi connectivity index (χ4n) is 2.99. The lowest BCUT2D eigenvalue weighted by atomic mass is 9.98. The molecule has 2 aliphatic rings. The highest BCUT2D eigenvalue weighted by Gasteiger charge is 2.33. The molecule has 1 saturated heterocycles. The van der Waals surface area contributed by atoms with Crippen LogP contribution in [0, 0.1) is 5.92 Å². The van der Waals surface area contributed by atoms with E-state index in [1.807, 2.05) is 0 Å². The molecule has 0 aromatic carbocycles. The SMILES string of the molecule is NCCC1CCCC1N1CCNC(=O)C1. The van der Waals surface area contributed by atoms with Crippen LogP contribution in [0.25, 0.3) is 0 Å². The summed E-state index contributed by atoms with van der Waals surface area (Å²) in [5.74, 6) is 0.903. The molecule has 0 aromatic rings. The van der Waals surface area contributed by atoms with Gasteiger partial charge in [-0.15, -0.1) is 0 Å². The van der Waals surface area contributed by atoms with Crippen molar-refractivity contribution in [2.24, 2.45) is 11.7 Å². The van der Waals surface area contributed by atoms with Gasteiger partial charge >= 0.3 is 0 Å². The molecule has 4 heteroatoms. The first-order valence-corrected chi connectivity index (χ1v) is 6.02. The number of piperazine rings is 1. The van der Waals surface area contributed by atoms with E-state index in [0.717, 1.165) is 32.0 Å². The molecule has 86 valence electrons. The monoisotopic (exact) mass is 211 g/mol. The summed E-state index contributed by atoms with van der Waals surface area (Å²) in [7, 11) is 0. The van der Waals surface area contributed by atoms with Gasteiger partial charge in [0.05, 0.1) is 6.54 Å². The molecule has 0 spiro atoms. The normalized spacial score (nSPS) is 33.0. The number of hydrogen-bond donors (Lipinski definition) is 2. The van der Waals surface area contributed by atoms with Gasteiger partial charge in [-0.05, 0) is 31.7 Å². The summed E-state index contributed by atoms with van der Waals surface area (Å²) in [4.78, 5) is 13.7. The lowest BCUT2D eigenvalue weighted by molar-refractivity contribution is -0.125. The second-order valence-electron chi connectivity index (χ2n) is 4.66. The van der Waals surface area contributed by atoms with Gasteiger partial charge in [0.25, 0.3) is 0 Å². The van der Waals surface area contributed by atoms with Gasteiger partial charge in [0.2, 0.25) is 5.91 Å². The molecule has 0 radical (unpaired) electrons. The number of carbonyl (C=O) groups is 1. The van der Waals surface area contributed by atoms with Crippen LogP contribution in [0.1, 0.15) is 25.7 Å². The molecule has 1 saturated carbocycles. The van der Waals surface area contributed by atoms with Crippen LogP contribution in [-0.4, -0.2) is 43.0 Å². The second kappa shape index (κ2) is 4.94. The predicted molar refractivity (Wildman–Crippen MR) is 59.4 cm³/mol. The molecule has 2 fully saturated rings. The zero-order chi connectivity index (χ0) is 10.7. The molecule has 0 aromatic heterocycles. The van der Waals surface area contributed by atoms with Gasteiger partial charge in [-0.1, -0.05) is 6.42 Å². The summed E-state index contributed by atoms with van der Waals surface area (Å²) >= 11 is 0. The minimum atomic E-state index is 0.180. The number of hydrogen-bond acceptors (Lipinski definition) is 3. The van der Waals surface area contributed by atoms with E-state index in [4.69, 9.17) is 5.73 Å². The van der Waals surface area contributed by atoms with E-state index < -0.39 is 0 Å². The molecule has 2 unspecified atom stereocenters. The molecular weight excluding hydrogens is 190 g/mol. The zero-order valence-electron chi connectivity index (χ0n) is 9.24. The predicted octanol–water partition coefficient (Wildman–Crippen LogP) is -0.0643. The van der Waals surface area contributed by atoms with E-state index in [1.165, 1.54) is 19.3 Å². The van der Waals surface area contributed by atoms with E-state index >= 15 is 0 Å². The van der Waals surface area contributed by atoms with Crippen molar-refractivity contribution < 1.29 is 4.79 Å². The molecule has 4 nitrogen and oxygen atoms in total. The molecule has 1 amide bonds. The van der Waals surface area contributed by atoms with Crippen LogP contribution in [0.4, 0.5) is 0 Å². The Morgan fingerprint density at radius 3 is 3.07 bits per heavy atom. The summed E-state index contributed by atoms with van der Waals surface area (Å²) in [5, 5.41) is 2.88. The smallest absolute Gasteiger partial charge is 0.234 e. The lowest BCUT2D eigenvalue weighted by Gasteiger charge is -2.35. The minimum Gasteiger partial charge on any atom is -0.354 e. The first kappa shape index (κ1) is 10.9. The number of amides is 1. The van der Waals surface area contributed by atoms with Crippen molar-refractivity contribution in [2.75, 3.05) is 26.2 Å². The number of nitrogens with one attached hydrogen (secondary N) is 1. The van der Waals surface area contributed by atoms with E-state index in [0.29, 0.717) is 12.6 Å². The van der Waals surface area contributed by atoms with Gasteiger partial charge in [-0.2, -0.15) is 0 Å². The maximum Gasteiger partial charge on any atom is 0.234 e. The highest BCUT2D eigenvalue weighted by atomic mass is 16.2. The standard InChI is InChI=1S/C11H21N3O/c12-5-4-9-2-1-3-10(9)14-7-6-13-11(15)8-14/h9-10H,1-8,12H2,(H,13,15). The van der Waals surface area contributed by atoms with E-state index in [1.54, 1.807) is 0 Å². The van der Waals surface area contributed by atoms with Gasteiger partial charge in [0, 0.05) is 19.1 Å². The summed E-state index contributed by atoms with van der Waals surface area (Å²) < 4.78 is 0. The molecule has 1 aliphatic heterocycles. The average Bonchev–Trinajstić information content (AvgIpc) is 2.66. The van der Waals surface area contributed by atoms with Crippen LogP contribution < -0.4 is 11.1 Å². The van der Waals surface area contributed by atoms with Crippen LogP contribution >= 0.6 is 0 Å². The molecule has 15 heavy (non-hydrogen) atoms. The van der Waals surface area contributed by atoms with Gasteiger partial charge in [-0.3, -0.25) is 9.69 Å². The number of nitrogens with two attached hydrogens (primary N) is 1. The van der Waals surface area contributed by atoms with Crippen LogP contribution in [0.2, 0.25) is 0 Å². The summed E-state index contributed by atoms with van der Waals surface area (Å²) in [6.45, 7) is 3.19. The second-order valence-corrected chi connectivity index (χ2v) is 4.66. The van der Waals surface area contributed by atoms with Gasteiger partial charge in [0.1, 0.15) is 0 Å². The van der Waals surface area contributed by atoms with E-state index in [-0.39, 0.29) is 5.91 Å². The van der Waals surface area contributed by atoms with Crippen molar-refractivity contribution in [1.82, 2.24) is 10.2 Å². The van der Waals surface area contributed by atoms with Crippen molar-refractivity contribution in [2.45, 2.75) is 31.7 Å². The third-order valence-electron chi connectivity index (χ3n) is 3.69. The Labute approximate surface area is 91.2 Å². The first-order valence-electron chi connectivity index (χ1n) is 6.02. The van der Waals surface area contributed by atoms with Gasteiger partial charge in [0.15, 0.2) is 0 Å². The molecule has 1 aliphatic carbocycles. The third-order valence-corrected chi connectivity index (χ3v) is 3.69. The van der Waals surface area contributed by atoms with Crippen molar-refractivity contribution >= 4 is 5.91 Å². The minimum absolute atomic E-state index is 0.180. The Kier molecular flexibility index (Phi) is 3.59. The Morgan fingerprint density at radius 2 is 2.33 bits per heavy atom. The van der Waals surface area contributed by atoms with Crippen LogP contribution in [-0.2, 0) is 4.79 Å². The Balaban J connectivity index is 1.93. The summed E-state index contributed by atoms with van der Waals surface area (Å²) in [6.07, 6.45) is 4.95. The number of nitrogens with zero attached hydrogens (tertiary/aromatic N) is 1. The molecule has 0 bridgehead atoms. The van der Waals surface area contributed by atoms with Crippen LogP contribution in [0.5, 0.6) is 0 Å². The summed E-state index contributed by atoms with van der Waals surface area (Å²) in [5.41, 5.74) is 5.63. The maximum absolute atomic E-state index is 11.3. The van der Waals surface area contributed by atoms with Crippen molar-refractivity contribution in [3.63, 3.8) is 0 Å². The van der Waals surface area contributed by atoms with Gasteiger partial charge in [-0.25, -0.2) is 0 Å². The van der Waals surface area contributed by atoms with Crippen molar-refractivity contribution in [3.05, 3.63) is 0 Å². The number of carbonyl (C=O) groups excluding carboxylic acids is 1. The van der Waals surface area contributed by atoms with Crippen LogP contribution in [0.3, 0.4) is 0 Å². The zero-order valence-corrected chi connectivity index (χ0v) is 9.24. The Hall–Kier alpha value is -0.610. The Morgan fingerprint density at radius 1 is 1.47 bits per heavy atom. The highest BCUT2D eigenvalue weighted by molar-refractivity contribution is 5.78. The fraction of sp³-hybridized carbons (Fsp3) is 0.909. The first-order chi connectivity index (χ1) is 7.31. The fourth-order valence-corrected chi connectivity index (χ4v) is 2.99. The van der Waals surface area contributed by atoms with Crippen molar-refractivity contribution in [1.29, 1.82) is 0 Å². The third kappa shape index (κ3) is 2.49. The molecule has 3 N–H and O–H groups in total. The van der Waals surface area contributed by atoms with Crippen LogP contribution in [0.15, 0.2) is 0 Å².